The summed E-state index contributed by atoms with van der Waals surface area (Å²) in [6.07, 6.45) is 3.01. The highest BCUT2D eigenvalue weighted by atomic mass is 35.5. The second-order valence-corrected chi connectivity index (χ2v) is 5.28. The molecule has 1 saturated heterocycles. The van der Waals surface area contributed by atoms with Crippen LogP contribution in [0.3, 0.4) is 0 Å². The summed E-state index contributed by atoms with van der Waals surface area (Å²) in [4.78, 5) is 18.7. The van der Waals surface area contributed by atoms with Gasteiger partial charge in [0, 0.05) is 12.1 Å². The molecule has 5 nitrogen and oxygen atoms in total. The minimum Gasteiger partial charge on any atom is -0.332 e. The zero-order chi connectivity index (χ0) is 14.0. The number of aromatic nitrogens is 1. The molecule has 2 atom stereocenters. The van der Waals surface area contributed by atoms with Crippen LogP contribution in [-0.4, -0.2) is 27.9 Å². The van der Waals surface area contributed by atoms with Crippen molar-refractivity contribution in [3.8, 4) is 0 Å². The van der Waals surface area contributed by atoms with Crippen LogP contribution in [0.4, 0.5) is 5.82 Å². The molecule has 1 fully saturated rings. The van der Waals surface area contributed by atoms with E-state index in [1.54, 1.807) is 12.1 Å². The molecule has 1 aromatic heterocycles. The predicted octanol–water partition coefficient (Wildman–Crippen LogP) is 2.42. The summed E-state index contributed by atoms with van der Waals surface area (Å²) in [7, 11) is 0. The van der Waals surface area contributed by atoms with Gasteiger partial charge in [-0.3, -0.25) is 4.79 Å². The van der Waals surface area contributed by atoms with Gasteiger partial charge in [0.15, 0.2) is 0 Å². The normalized spacial score (nSPS) is 22.6. The molecule has 2 unspecified atom stereocenters. The number of nitrogens with two attached hydrogens (primary N) is 1. The number of carbonyl (C=O) groups excluding carboxylic acids is 1. The van der Waals surface area contributed by atoms with E-state index in [0.717, 1.165) is 19.3 Å². The van der Waals surface area contributed by atoms with E-state index in [1.807, 2.05) is 4.90 Å². The Morgan fingerprint density at radius 2 is 2.32 bits per heavy atom. The van der Waals surface area contributed by atoms with E-state index in [-0.39, 0.29) is 23.7 Å². The number of hydrogen-bond acceptors (Lipinski definition) is 4. The van der Waals surface area contributed by atoms with Crippen LogP contribution in [0.25, 0.3) is 0 Å². The number of anilines is 1. The Kier molecular flexibility index (Phi) is 4.27. The van der Waals surface area contributed by atoms with Crippen molar-refractivity contribution in [2.75, 3.05) is 5.43 Å². The maximum Gasteiger partial charge on any atom is 0.274 e. The van der Waals surface area contributed by atoms with Gasteiger partial charge < -0.3 is 10.3 Å². The van der Waals surface area contributed by atoms with Crippen molar-refractivity contribution in [3.63, 3.8) is 0 Å². The van der Waals surface area contributed by atoms with Gasteiger partial charge in [-0.2, -0.15) is 0 Å². The third-order valence-electron chi connectivity index (χ3n) is 3.69. The summed E-state index contributed by atoms with van der Waals surface area (Å²) in [5.41, 5.74) is 2.70. The lowest BCUT2D eigenvalue weighted by Gasteiger charge is -2.28. The molecule has 0 aromatic carbocycles. The first-order valence-corrected chi connectivity index (χ1v) is 6.92. The minimum atomic E-state index is -0.112. The van der Waals surface area contributed by atoms with Gasteiger partial charge in [-0.25, -0.2) is 10.8 Å². The lowest BCUT2D eigenvalue weighted by atomic mass is 10.1. The van der Waals surface area contributed by atoms with E-state index < -0.39 is 0 Å². The molecule has 2 heterocycles. The van der Waals surface area contributed by atoms with Crippen LogP contribution in [0.2, 0.25) is 5.02 Å². The molecular weight excluding hydrogens is 264 g/mol. The topological polar surface area (TPSA) is 71.2 Å². The van der Waals surface area contributed by atoms with Crippen molar-refractivity contribution in [2.24, 2.45) is 5.84 Å². The summed E-state index contributed by atoms with van der Waals surface area (Å²) in [5, 5.41) is 0.359. The molecule has 19 heavy (non-hydrogen) atoms. The SMILES string of the molecule is CCC1CCC(C)N1C(=O)c1nc(NN)ccc1Cl. The molecule has 1 aromatic rings. The lowest BCUT2D eigenvalue weighted by molar-refractivity contribution is 0.0670. The Balaban J connectivity index is 2.33. The summed E-state index contributed by atoms with van der Waals surface area (Å²) >= 11 is 6.09. The Hall–Kier alpha value is -1.33. The molecule has 0 aliphatic carbocycles. The highest BCUT2D eigenvalue weighted by Crippen LogP contribution is 2.29. The number of likely N-dealkylation sites (tertiary alicyclic amines) is 1. The molecule has 2 rings (SSSR count). The number of pyridine rings is 1. The fourth-order valence-corrected chi connectivity index (χ4v) is 2.82. The molecular formula is C13H19ClN4O. The van der Waals surface area contributed by atoms with E-state index in [0.29, 0.717) is 10.8 Å². The Labute approximate surface area is 118 Å². The molecule has 3 N–H and O–H groups in total. The largest absolute Gasteiger partial charge is 0.332 e. The van der Waals surface area contributed by atoms with E-state index >= 15 is 0 Å². The van der Waals surface area contributed by atoms with Crippen LogP contribution in [-0.2, 0) is 0 Å². The number of hydrazine groups is 1. The minimum absolute atomic E-state index is 0.112. The maximum atomic E-state index is 12.6. The van der Waals surface area contributed by atoms with E-state index in [4.69, 9.17) is 17.4 Å². The molecule has 1 aliphatic heterocycles. The second-order valence-electron chi connectivity index (χ2n) is 4.87. The highest BCUT2D eigenvalue weighted by Gasteiger charge is 2.35. The number of amides is 1. The van der Waals surface area contributed by atoms with Crippen LogP contribution >= 0.6 is 11.6 Å². The fourth-order valence-electron chi connectivity index (χ4n) is 2.63. The van der Waals surface area contributed by atoms with E-state index in [1.165, 1.54) is 0 Å². The summed E-state index contributed by atoms with van der Waals surface area (Å²) in [6, 6.07) is 3.78. The van der Waals surface area contributed by atoms with Gasteiger partial charge in [0.1, 0.15) is 11.5 Å². The Bertz CT molecular complexity index is 480. The van der Waals surface area contributed by atoms with Gasteiger partial charge in [0.25, 0.3) is 5.91 Å². The molecule has 6 heteroatoms. The van der Waals surface area contributed by atoms with E-state index in [2.05, 4.69) is 24.3 Å². The van der Waals surface area contributed by atoms with Crippen molar-refractivity contribution in [1.82, 2.24) is 9.88 Å². The third-order valence-corrected chi connectivity index (χ3v) is 3.99. The van der Waals surface area contributed by atoms with Gasteiger partial charge >= 0.3 is 0 Å². The van der Waals surface area contributed by atoms with Gasteiger partial charge in [0.2, 0.25) is 0 Å². The van der Waals surface area contributed by atoms with Crippen molar-refractivity contribution in [1.29, 1.82) is 0 Å². The van der Waals surface area contributed by atoms with Crippen molar-refractivity contribution in [3.05, 3.63) is 22.8 Å². The van der Waals surface area contributed by atoms with Crippen LogP contribution in [0.15, 0.2) is 12.1 Å². The second kappa shape index (κ2) is 5.75. The first-order chi connectivity index (χ1) is 9.08. The van der Waals surface area contributed by atoms with Crippen molar-refractivity contribution < 1.29 is 4.79 Å². The Morgan fingerprint density at radius 1 is 1.58 bits per heavy atom. The van der Waals surface area contributed by atoms with Gasteiger partial charge in [-0.05, 0) is 38.3 Å². The number of halogens is 1. The molecule has 1 amide bonds. The highest BCUT2D eigenvalue weighted by molar-refractivity contribution is 6.33. The summed E-state index contributed by atoms with van der Waals surface area (Å²) in [5.74, 6) is 5.65. The van der Waals surface area contributed by atoms with Crippen molar-refractivity contribution in [2.45, 2.75) is 45.2 Å². The monoisotopic (exact) mass is 282 g/mol. The van der Waals surface area contributed by atoms with Crippen LogP contribution < -0.4 is 11.3 Å². The van der Waals surface area contributed by atoms with Gasteiger partial charge in [-0.15, -0.1) is 0 Å². The smallest absolute Gasteiger partial charge is 0.274 e. The molecule has 1 aliphatic rings. The molecule has 0 bridgehead atoms. The number of carbonyl (C=O) groups is 1. The number of hydrogen-bond donors (Lipinski definition) is 2. The summed E-state index contributed by atoms with van der Waals surface area (Å²) < 4.78 is 0. The molecule has 0 spiro atoms. The van der Waals surface area contributed by atoms with Crippen LogP contribution in [0, 0.1) is 0 Å². The van der Waals surface area contributed by atoms with E-state index in [9.17, 15) is 4.79 Å². The molecule has 0 saturated carbocycles. The lowest BCUT2D eigenvalue weighted by Crippen LogP contribution is -2.40. The van der Waals surface area contributed by atoms with Gasteiger partial charge in [-0.1, -0.05) is 18.5 Å². The van der Waals surface area contributed by atoms with Gasteiger partial charge in [0.05, 0.1) is 5.02 Å². The third kappa shape index (κ3) is 2.67. The average Bonchev–Trinajstić information content (AvgIpc) is 2.79. The zero-order valence-corrected chi connectivity index (χ0v) is 11.9. The van der Waals surface area contributed by atoms with Crippen LogP contribution in [0.1, 0.15) is 43.6 Å². The predicted molar refractivity (Wildman–Crippen MR) is 76.0 cm³/mol. The maximum absolute atomic E-state index is 12.6. The average molecular weight is 283 g/mol. The quantitative estimate of drug-likeness (QED) is 0.660. The first kappa shape index (κ1) is 14.1. The number of rotatable bonds is 3. The summed E-state index contributed by atoms with van der Waals surface area (Å²) in [6.45, 7) is 4.16. The number of nitrogens with one attached hydrogen (secondary N) is 1. The number of nitrogen functional groups attached to an aromatic ring is 1. The first-order valence-electron chi connectivity index (χ1n) is 6.54. The standard InChI is InChI=1S/C13H19ClN4O/c1-3-9-5-4-8(2)18(9)13(19)12-10(14)6-7-11(16-12)17-15/h6-9H,3-5,15H2,1-2H3,(H,16,17). The molecule has 0 radical (unpaired) electrons. The fraction of sp³-hybridized carbons (Fsp3) is 0.538. The zero-order valence-electron chi connectivity index (χ0n) is 11.2. The van der Waals surface area contributed by atoms with Crippen molar-refractivity contribution >= 4 is 23.3 Å². The molecule has 104 valence electrons. The Morgan fingerprint density at radius 3 is 2.95 bits per heavy atom. The number of nitrogens with zero attached hydrogens (tertiary/aromatic N) is 2. The van der Waals surface area contributed by atoms with Crippen LogP contribution in [0.5, 0.6) is 0 Å².